The summed E-state index contributed by atoms with van der Waals surface area (Å²) in [4.78, 5) is 0. The summed E-state index contributed by atoms with van der Waals surface area (Å²) >= 11 is -4.32. The third-order valence-electron chi connectivity index (χ3n) is 4.97. The second-order valence-corrected chi connectivity index (χ2v) is 53.8. The van der Waals surface area contributed by atoms with E-state index < -0.39 is 30.1 Å². The van der Waals surface area contributed by atoms with Crippen LogP contribution in [0.1, 0.15) is 35.5 Å². The average Bonchev–Trinajstić information content (AvgIpc) is 2.88. The fraction of sp³-hybridized carbons (Fsp3) is 0.579. The Morgan fingerprint density at radius 1 is 1.19 bits per heavy atom. The first-order valence-corrected chi connectivity index (χ1v) is 28.7. The Bertz CT molecular complexity index is 683. The summed E-state index contributed by atoms with van der Waals surface area (Å²) in [7, 11) is 13.8. The summed E-state index contributed by atoms with van der Waals surface area (Å²) < 4.78 is 10.1. The maximum absolute atomic E-state index is 7.64. The Labute approximate surface area is 170 Å². The number of rotatable bonds is 7. The first-order valence-electron chi connectivity index (χ1n) is 9.51. The molecule has 0 spiro atoms. The predicted octanol–water partition coefficient (Wildman–Crippen LogP) is 6.26. The maximum atomic E-state index is 7.64. The van der Waals surface area contributed by atoms with E-state index in [9.17, 15) is 0 Å². The van der Waals surface area contributed by atoms with Crippen LogP contribution >= 0.6 is 17.0 Å². The number of halogens is 2. The molecular formula is C19H34Cl2NOSi2Zr. The summed E-state index contributed by atoms with van der Waals surface area (Å²) in [5.41, 5.74) is 2.45. The van der Waals surface area contributed by atoms with Gasteiger partial charge in [-0.2, -0.15) is 0 Å². The Kier molecular flexibility index (Phi) is 7.00. The van der Waals surface area contributed by atoms with E-state index in [2.05, 4.69) is 86.6 Å². The number of nitrogens with one attached hydrogen (secondary N) is 1. The molecule has 0 saturated heterocycles. The van der Waals surface area contributed by atoms with Crippen LogP contribution in [-0.4, -0.2) is 26.4 Å². The van der Waals surface area contributed by atoms with Crippen molar-refractivity contribution in [1.82, 2.24) is 3.26 Å². The quantitative estimate of drug-likeness (QED) is 0.437. The zero-order valence-corrected chi connectivity index (χ0v) is 23.3. The van der Waals surface area contributed by atoms with Crippen LogP contribution in [0.15, 0.2) is 30.3 Å². The van der Waals surface area contributed by atoms with Gasteiger partial charge >= 0.3 is 171 Å². The van der Waals surface area contributed by atoms with Crippen molar-refractivity contribution in [2.75, 3.05) is 6.61 Å². The van der Waals surface area contributed by atoms with Crippen molar-refractivity contribution < 1.29 is 20.3 Å². The first-order chi connectivity index (χ1) is 11.7. The molecule has 2 nitrogen and oxygen atoms in total. The molecule has 0 radical (unpaired) electrons. The van der Waals surface area contributed by atoms with Crippen LogP contribution in [-0.2, 0) is 20.3 Å². The van der Waals surface area contributed by atoms with Crippen LogP contribution in [0.25, 0.3) is 6.08 Å². The molecule has 0 heterocycles. The third kappa shape index (κ3) is 5.43. The third-order valence-corrected chi connectivity index (χ3v) is 51.6. The molecule has 2 unspecified atom stereocenters. The van der Waals surface area contributed by atoms with Gasteiger partial charge in [0.05, 0.1) is 0 Å². The summed E-state index contributed by atoms with van der Waals surface area (Å²) in [6, 6.07) is 9.56. The van der Waals surface area contributed by atoms with Crippen LogP contribution in [0.3, 0.4) is 0 Å². The van der Waals surface area contributed by atoms with E-state index in [4.69, 9.17) is 21.5 Å². The monoisotopic (exact) mass is 508 g/mol. The predicted molar refractivity (Wildman–Crippen MR) is 120 cm³/mol. The fourth-order valence-electron chi connectivity index (χ4n) is 3.74. The summed E-state index contributed by atoms with van der Waals surface area (Å²) in [5, 5.41) is 0. The Balaban J connectivity index is 2.37. The van der Waals surface area contributed by atoms with Gasteiger partial charge in [-0.3, -0.25) is 0 Å². The van der Waals surface area contributed by atoms with Crippen molar-refractivity contribution in [3.05, 3.63) is 41.5 Å². The van der Waals surface area contributed by atoms with E-state index in [0.29, 0.717) is 0 Å². The Morgan fingerprint density at radius 2 is 1.81 bits per heavy atom. The van der Waals surface area contributed by atoms with Gasteiger partial charge in [-0.05, 0) is 0 Å². The van der Waals surface area contributed by atoms with Gasteiger partial charge in [-0.25, -0.2) is 0 Å². The van der Waals surface area contributed by atoms with E-state index in [1.807, 2.05) is 0 Å². The molecule has 26 heavy (non-hydrogen) atoms. The Hall–Kier alpha value is 0.777. The molecule has 7 heteroatoms. The molecule has 0 fully saturated rings. The SMILES string of the molecule is C[SiH](CCO[Si](C)(C)C)[Zr]([Cl])([Cl])([NH]C(C)(C)C)[CH]1C=Cc2ccccc21. The summed E-state index contributed by atoms with van der Waals surface area (Å²) in [5.74, 6) is -1.47. The molecule has 0 amide bonds. The average molecular weight is 511 g/mol. The fourth-order valence-corrected chi connectivity index (χ4v) is 38.5. The zero-order valence-electron chi connectivity index (χ0n) is 17.2. The molecule has 0 aliphatic heterocycles. The van der Waals surface area contributed by atoms with Crippen LogP contribution < -0.4 is 3.26 Å². The van der Waals surface area contributed by atoms with Crippen molar-refractivity contribution in [3.63, 3.8) is 0 Å². The number of fused-ring (bicyclic) bond motifs is 1. The molecule has 1 aromatic carbocycles. The van der Waals surface area contributed by atoms with Crippen molar-refractivity contribution in [3.8, 4) is 0 Å². The van der Waals surface area contributed by atoms with Gasteiger partial charge in [0.2, 0.25) is 0 Å². The molecule has 2 rings (SSSR count). The standard InChI is InChI=1S/C9H7.C6H17OSi2.C4H10N.2ClH.Zr/c1-2-5-9-7-3-6-8(9)4-1;1-8-6-5-7-9(2,3)4;1-4(2,3)5;;;/h1-7H;8H,5-6H2,1-4H3;5H,1-3H3;2*1H;/q;;-1;;;+3/p-2. The van der Waals surface area contributed by atoms with E-state index in [0.717, 1.165) is 12.7 Å². The molecule has 147 valence electrons. The molecule has 1 aliphatic carbocycles. The van der Waals surface area contributed by atoms with Crippen molar-refractivity contribution in [2.24, 2.45) is 0 Å². The van der Waals surface area contributed by atoms with Crippen LogP contribution in [0.5, 0.6) is 0 Å². The summed E-state index contributed by atoms with van der Waals surface area (Å²) in [6.45, 7) is 16.4. The van der Waals surface area contributed by atoms with Crippen molar-refractivity contribution >= 4 is 37.3 Å². The number of allylic oxidation sites excluding steroid dienone is 1. The van der Waals surface area contributed by atoms with Gasteiger partial charge in [0.25, 0.3) is 0 Å². The first kappa shape index (κ1) is 23.1. The van der Waals surface area contributed by atoms with E-state index in [-0.39, 0.29) is 9.16 Å². The van der Waals surface area contributed by atoms with Crippen LogP contribution in [0.2, 0.25) is 32.2 Å². The Morgan fingerprint density at radius 3 is 2.38 bits per heavy atom. The topological polar surface area (TPSA) is 21.3 Å². The second-order valence-electron chi connectivity index (χ2n) is 9.64. The minimum absolute atomic E-state index is 0.110. The van der Waals surface area contributed by atoms with Gasteiger partial charge in [0, 0.05) is 0 Å². The van der Waals surface area contributed by atoms with Gasteiger partial charge in [-0.1, -0.05) is 0 Å². The molecule has 2 atom stereocenters. The van der Waals surface area contributed by atoms with Gasteiger partial charge in [-0.15, -0.1) is 0 Å². The molecule has 0 aromatic heterocycles. The van der Waals surface area contributed by atoms with Crippen molar-refractivity contribution in [2.45, 2.75) is 62.2 Å². The van der Waals surface area contributed by atoms with E-state index >= 15 is 0 Å². The zero-order chi connectivity index (χ0) is 19.8. The molecule has 1 aliphatic rings. The van der Waals surface area contributed by atoms with Gasteiger partial charge < -0.3 is 0 Å². The molecule has 1 aromatic rings. The number of hydrogen-bond donors (Lipinski definition) is 1. The molecule has 1 N–H and O–H groups in total. The molecule has 0 saturated carbocycles. The van der Waals surface area contributed by atoms with Crippen LogP contribution in [0, 0.1) is 0 Å². The molecule has 0 bridgehead atoms. The van der Waals surface area contributed by atoms with Gasteiger partial charge in [0.1, 0.15) is 0 Å². The number of hydrogen-bond acceptors (Lipinski definition) is 2. The second kappa shape index (κ2) is 7.89. The minimum atomic E-state index is -4.32. The summed E-state index contributed by atoms with van der Waals surface area (Å²) in [6.07, 6.45) is 4.46. The van der Waals surface area contributed by atoms with Gasteiger partial charge in [0.15, 0.2) is 0 Å². The normalized spacial score (nSPS) is 20.5. The van der Waals surface area contributed by atoms with E-state index in [1.54, 1.807) is 0 Å². The number of benzene rings is 1. The molecular weight excluding hydrogens is 477 g/mol. The van der Waals surface area contributed by atoms with Crippen molar-refractivity contribution in [1.29, 1.82) is 0 Å². The van der Waals surface area contributed by atoms with Crippen LogP contribution in [0.4, 0.5) is 0 Å². The van der Waals surface area contributed by atoms with E-state index in [1.165, 1.54) is 11.1 Å².